The zero-order valence-corrected chi connectivity index (χ0v) is 10.6. The fourth-order valence-corrected chi connectivity index (χ4v) is 2.04. The lowest BCUT2D eigenvalue weighted by Gasteiger charge is -2.23. The van der Waals surface area contributed by atoms with E-state index in [1.165, 1.54) is 12.3 Å². The molecule has 1 heterocycles. The number of nitrogens with zero attached hydrogens (tertiary/aromatic N) is 1. The van der Waals surface area contributed by atoms with Crippen LogP contribution in [0.5, 0.6) is 0 Å². The fraction of sp³-hybridized carbons (Fsp3) is 0.455. The molecule has 0 aliphatic rings. The van der Waals surface area contributed by atoms with Crippen molar-refractivity contribution >= 4 is 23.4 Å². The largest absolute Gasteiger partial charge is 0.477 e. The number of pyridine rings is 1. The summed E-state index contributed by atoms with van der Waals surface area (Å²) in [6.07, 6.45) is 3.35. The molecule has 1 unspecified atom stereocenters. The minimum atomic E-state index is -1.07. The summed E-state index contributed by atoms with van der Waals surface area (Å²) in [6, 6.07) is 3.11. The van der Waals surface area contributed by atoms with Gasteiger partial charge in [-0.2, -0.15) is 11.8 Å². The number of thioether (sulfide) groups is 1. The van der Waals surface area contributed by atoms with Crippen molar-refractivity contribution in [3.63, 3.8) is 0 Å². The molecule has 1 aromatic rings. The Morgan fingerprint density at radius 3 is 2.94 bits per heavy atom. The molecule has 0 fully saturated rings. The highest BCUT2D eigenvalue weighted by molar-refractivity contribution is 7.98. The third-order valence-corrected chi connectivity index (χ3v) is 3.02. The van der Waals surface area contributed by atoms with Crippen molar-refractivity contribution in [2.45, 2.75) is 12.5 Å². The molecule has 0 spiro atoms. The summed E-state index contributed by atoms with van der Waals surface area (Å²) < 4.78 is 0. The van der Waals surface area contributed by atoms with E-state index in [2.05, 4.69) is 10.3 Å². The van der Waals surface area contributed by atoms with Crippen LogP contribution < -0.4 is 5.32 Å². The lowest BCUT2D eigenvalue weighted by Crippen LogP contribution is -2.36. The summed E-state index contributed by atoms with van der Waals surface area (Å²) in [7, 11) is 0. The van der Waals surface area contributed by atoms with Crippen molar-refractivity contribution in [2.75, 3.05) is 23.9 Å². The molecule has 1 aromatic heterocycles. The van der Waals surface area contributed by atoms with E-state index in [9.17, 15) is 9.90 Å². The minimum Gasteiger partial charge on any atom is -0.477 e. The molecule has 0 amide bonds. The Balaban J connectivity index is 2.63. The van der Waals surface area contributed by atoms with E-state index < -0.39 is 11.6 Å². The maximum absolute atomic E-state index is 10.7. The van der Waals surface area contributed by atoms with E-state index >= 15 is 0 Å². The molecule has 0 bridgehead atoms. The Hall–Kier alpha value is -1.27. The van der Waals surface area contributed by atoms with Crippen LogP contribution >= 0.6 is 11.8 Å². The first-order valence-electron chi connectivity index (χ1n) is 5.09. The molecule has 17 heavy (non-hydrogen) atoms. The normalized spacial score (nSPS) is 14.1. The van der Waals surface area contributed by atoms with Crippen molar-refractivity contribution in [1.29, 1.82) is 0 Å². The van der Waals surface area contributed by atoms with Gasteiger partial charge in [-0.25, -0.2) is 9.78 Å². The highest BCUT2D eigenvalue weighted by Gasteiger charge is 2.19. The van der Waals surface area contributed by atoms with Gasteiger partial charge >= 0.3 is 5.97 Å². The maximum atomic E-state index is 10.7. The molecule has 0 aromatic carbocycles. The van der Waals surface area contributed by atoms with Gasteiger partial charge in [0.15, 0.2) is 0 Å². The second-order valence-corrected chi connectivity index (χ2v) is 4.88. The zero-order valence-electron chi connectivity index (χ0n) is 9.80. The molecule has 0 saturated heterocycles. The number of carbonyl (C=O) groups is 1. The number of aliphatic hydroxyl groups is 1. The molecule has 0 saturated carbocycles. The van der Waals surface area contributed by atoms with E-state index in [0.717, 1.165) is 0 Å². The van der Waals surface area contributed by atoms with Crippen LogP contribution in [-0.4, -0.2) is 45.3 Å². The van der Waals surface area contributed by atoms with Gasteiger partial charge in [0, 0.05) is 24.2 Å². The Morgan fingerprint density at radius 2 is 2.35 bits per heavy atom. The van der Waals surface area contributed by atoms with Crippen molar-refractivity contribution in [3.8, 4) is 0 Å². The molecule has 3 N–H and O–H groups in total. The number of hydrogen-bond acceptors (Lipinski definition) is 5. The number of rotatable bonds is 6. The van der Waals surface area contributed by atoms with Crippen LogP contribution in [0.2, 0.25) is 0 Å². The first kappa shape index (κ1) is 13.8. The summed E-state index contributed by atoms with van der Waals surface area (Å²) in [5, 5.41) is 21.7. The Labute approximate surface area is 104 Å². The van der Waals surface area contributed by atoms with Gasteiger partial charge in [0.2, 0.25) is 0 Å². The van der Waals surface area contributed by atoms with Crippen LogP contribution in [0.15, 0.2) is 18.3 Å². The average Bonchev–Trinajstić information content (AvgIpc) is 2.27. The van der Waals surface area contributed by atoms with Gasteiger partial charge in [0.25, 0.3) is 0 Å². The second kappa shape index (κ2) is 5.88. The summed E-state index contributed by atoms with van der Waals surface area (Å²) in [4.78, 5) is 14.4. The molecule has 0 aliphatic heterocycles. The fourth-order valence-electron chi connectivity index (χ4n) is 1.31. The zero-order chi connectivity index (χ0) is 12.9. The van der Waals surface area contributed by atoms with Crippen molar-refractivity contribution in [3.05, 3.63) is 24.0 Å². The molecular weight excluding hydrogens is 240 g/mol. The molecule has 6 heteroatoms. The molecule has 1 atom stereocenters. The van der Waals surface area contributed by atoms with Crippen LogP contribution in [0.1, 0.15) is 17.4 Å². The Bertz CT molecular complexity index is 396. The number of carboxylic acid groups (broad SMARTS) is 1. The third kappa shape index (κ3) is 4.62. The smallest absolute Gasteiger partial charge is 0.354 e. The molecule has 1 rings (SSSR count). The number of anilines is 1. The number of hydrogen-bond donors (Lipinski definition) is 3. The van der Waals surface area contributed by atoms with Crippen molar-refractivity contribution in [1.82, 2.24) is 4.98 Å². The van der Waals surface area contributed by atoms with Crippen LogP contribution in [0, 0.1) is 0 Å². The van der Waals surface area contributed by atoms with E-state index in [1.54, 1.807) is 24.8 Å². The van der Waals surface area contributed by atoms with E-state index in [-0.39, 0.29) is 5.69 Å². The minimum absolute atomic E-state index is 0.0143. The summed E-state index contributed by atoms with van der Waals surface area (Å²) in [6.45, 7) is 2.09. The van der Waals surface area contributed by atoms with Crippen molar-refractivity contribution in [2.24, 2.45) is 0 Å². The highest BCUT2D eigenvalue weighted by Crippen LogP contribution is 2.13. The molecular formula is C11H16N2O3S. The van der Waals surface area contributed by atoms with Gasteiger partial charge in [-0.3, -0.25) is 0 Å². The SMILES string of the molecule is CSCC(C)(O)CNc1ccnc(C(=O)O)c1. The van der Waals surface area contributed by atoms with Crippen molar-refractivity contribution < 1.29 is 15.0 Å². The Kier molecular flexibility index (Phi) is 4.77. The first-order chi connectivity index (χ1) is 7.94. The van der Waals surface area contributed by atoms with Gasteiger partial charge < -0.3 is 15.5 Å². The van der Waals surface area contributed by atoms with Gasteiger partial charge in [-0.1, -0.05) is 0 Å². The van der Waals surface area contributed by atoms with E-state index in [4.69, 9.17) is 5.11 Å². The quantitative estimate of drug-likeness (QED) is 0.712. The van der Waals surface area contributed by atoms with Crippen LogP contribution in [0.3, 0.4) is 0 Å². The van der Waals surface area contributed by atoms with Crippen LogP contribution in [0.4, 0.5) is 5.69 Å². The lowest BCUT2D eigenvalue weighted by atomic mass is 10.1. The van der Waals surface area contributed by atoms with Gasteiger partial charge in [0.05, 0.1) is 5.60 Å². The van der Waals surface area contributed by atoms with E-state index in [0.29, 0.717) is 18.0 Å². The summed E-state index contributed by atoms with van der Waals surface area (Å²) in [5.41, 5.74) is -0.204. The van der Waals surface area contributed by atoms with Gasteiger partial charge in [0.1, 0.15) is 5.69 Å². The highest BCUT2D eigenvalue weighted by atomic mass is 32.2. The molecule has 94 valence electrons. The standard InChI is InChI=1S/C11H16N2O3S/c1-11(16,7-17-2)6-13-8-3-4-12-9(5-8)10(14)15/h3-5,16H,6-7H2,1-2H3,(H,12,13)(H,14,15). The van der Waals surface area contributed by atoms with Gasteiger partial charge in [-0.05, 0) is 25.3 Å². The third-order valence-electron chi connectivity index (χ3n) is 2.11. The lowest BCUT2D eigenvalue weighted by molar-refractivity contribution is 0.0690. The monoisotopic (exact) mass is 256 g/mol. The maximum Gasteiger partial charge on any atom is 0.354 e. The average molecular weight is 256 g/mol. The van der Waals surface area contributed by atoms with Crippen LogP contribution in [-0.2, 0) is 0 Å². The topological polar surface area (TPSA) is 82.5 Å². The summed E-state index contributed by atoms with van der Waals surface area (Å²) in [5.74, 6) is -0.457. The molecule has 0 radical (unpaired) electrons. The number of aromatic carboxylic acids is 1. The summed E-state index contributed by atoms with van der Waals surface area (Å²) >= 11 is 1.56. The second-order valence-electron chi connectivity index (χ2n) is 4.02. The number of nitrogens with one attached hydrogen (secondary N) is 1. The number of aromatic nitrogens is 1. The predicted octanol–water partition coefficient (Wildman–Crippen LogP) is 1.31. The van der Waals surface area contributed by atoms with Crippen LogP contribution in [0.25, 0.3) is 0 Å². The first-order valence-corrected chi connectivity index (χ1v) is 6.48. The van der Waals surface area contributed by atoms with E-state index in [1.807, 2.05) is 6.26 Å². The number of carboxylic acids is 1. The molecule has 0 aliphatic carbocycles. The van der Waals surface area contributed by atoms with Gasteiger partial charge in [-0.15, -0.1) is 0 Å². The predicted molar refractivity (Wildman–Crippen MR) is 68.7 cm³/mol. The Morgan fingerprint density at radius 1 is 1.65 bits per heavy atom. The molecule has 5 nitrogen and oxygen atoms in total.